The van der Waals surface area contributed by atoms with Crippen LogP contribution in [0.4, 0.5) is 10.7 Å². The van der Waals surface area contributed by atoms with Gasteiger partial charge in [0.25, 0.3) is 0 Å². The number of methoxy groups -OCH3 is 1. The van der Waals surface area contributed by atoms with E-state index < -0.39 is 5.97 Å². The van der Waals surface area contributed by atoms with E-state index in [1.807, 2.05) is 19.1 Å². The molecule has 1 aliphatic carbocycles. The van der Waals surface area contributed by atoms with Crippen LogP contribution in [0.3, 0.4) is 0 Å². The first-order valence-electron chi connectivity index (χ1n) is 10.7. The summed E-state index contributed by atoms with van der Waals surface area (Å²) in [7, 11) is 1.54. The number of fused-ring (bicyclic) bond motifs is 1. The maximum absolute atomic E-state index is 12.7. The van der Waals surface area contributed by atoms with Crippen molar-refractivity contribution in [3.05, 3.63) is 40.3 Å². The van der Waals surface area contributed by atoms with Crippen LogP contribution in [-0.2, 0) is 27.2 Å². The first-order valence-corrected chi connectivity index (χ1v) is 11.5. The number of rotatable bonds is 10. The van der Waals surface area contributed by atoms with Crippen LogP contribution in [0.25, 0.3) is 0 Å². The number of hydrogen-bond donors (Lipinski definition) is 2. The molecular weight excluding hydrogens is 430 g/mol. The molecule has 0 unspecified atom stereocenters. The van der Waals surface area contributed by atoms with E-state index in [4.69, 9.17) is 9.47 Å². The van der Waals surface area contributed by atoms with Crippen molar-refractivity contribution in [2.45, 2.75) is 33.1 Å². The molecule has 32 heavy (non-hydrogen) atoms. The van der Waals surface area contributed by atoms with Gasteiger partial charge >= 0.3 is 5.97 Å². The number of hydrogen-bond acceptors (Lipinski definition) is 7. The highest BCUT2D eigenvalue weighted by Gasteiger charge is 2.28. The molecule has 1 aromatic heterocycles. The largest absolute Gasteiger partial charge is 0.495 e. The topological polar surface area (TPSA) is 97.0 Å². The average molecular weight is 460 g/mol. The van der Waals surface area contributed by atoms with E-state index in [0.29, 0.717) is 28.5 Å². The van der Waals surface area contributed by atoms with Crippen LogP contribution in [0.2, 0.25) is 0 Å². The number of nitrogens with one attached hydrogen (secondary N) is 2. The monoisotopic (exact) mass is 459 g/mol. The SMILES string of the molecule is CCOC(=O)c1c(NC(=O)CN(CC)CC(=O)Nc2ccccc2OC)sc2c1CCC2. The summed E-state index contributed by atoms with van der Waals surface area (Å²) in [6.07, 6.45) is 2.74. The zero-order valence-corrected chi connectivity index (χ0v) is 19.5. The Balaban J connectivity index is 1.62. The zero-order valence-electron chi connectivity index (χ0n) is 18.7. The van der Waals surface area contributed by atoms with Crippen LogP contribution < -0.4 is 15.4 Å². The van der Waals surface area contributed by atoms with Gasteiger partial charge in [-0.3, -0.25) is 14.5 Å². The lowest BCUT2D eigenvalue weighted by atomic mass is 10.1. The van der Waals surface area contributed by atoms with Gasteiger partial charge in [-0.2, -0.15) is 0 Å². The molecular formula is C23H29N3O5S. The van der Waals surface area contributed by atoms with Crippen molar-refractivity contribution in [3.63, 3.8) is 0 Å². The van der Waals surface area contributed by atoms with Gasteiger partial charge in [0.05, 0.1) is 38.1 Å². The Hall–Kier alpha value is -2.91. The van der Waals surface area contributed by atoms with Crippen molar-refractivity contribution >= 4 is 39.8 Å². The number of carbonyl (C=O) groups is 3. The molecule has 9 heteroatoms. The smallest absolute Gasteiger partial charge is 0.341 e. The lowest BCUT2D eigenvalue weighted by Gasteiger charge is -2.20. The number of benzene rings is 1. The third kappa shape index (κ3) is 5.66. The third-order valence-electron chi connectivity index (χ3n) is 5.22. The second kappa shape index (κ2) is 11.1. The highest BCUT2D eigenvalue weighted by atomic mass is 32.1. The zero-order chi connectivity index (χ0) is 23.1. The maximum Gasteiger partial charge on any atom is 0.341 e. The number of anilines is 2. The van der Waals surface area contributed by atoms with Crippen molar-refractivity contribution < 1.29 is 23.9 Å². The molecule has 2 N–H and O–H groups in total. The van der Waals surface area contributed by atoms with Gasteiger partial charge in [-0.05, 0) is 50.4 Å². The first-order chi connectivity index (χ1) is 15.5. The van der Waals surface area contributed by atoms with Crippen LogP contribution in [0.15, 0.2) is 24.3 Å². The van der Waals surface area contributed by atoms with Crippen molar-refractivity contribution in [2.75, 3.05) is 44.0 Å². The van der Waals surface area contributed by atoms with Crippen molar-refractivity contribution in [2.24, 2.45) is 0 Å². The molecule has 0 fully saturated rings. The first kappa shape index (κ1) is 23.7. The van der Waals surface area contributed by atoms with Crippen LogP contribution in [0.1, 0.15) is 41.1 Å². The molecule has 0 saturated heterocycles. The summed E-state index contributed by atoms with van der Waals surface area (Å²) in [5, 5.41) is 6.22. The molecule has 2 aromatic rings. The number of para-hydroxylation sites is 2. The molecule has 172 valence electrons. The van der Waals surface area contributed by atoms with E-state index in [1.165, 1.54) is 11.3 Å². The van der Waals surface area contributed by atoms with Gasteiger partial charge in [-0.1, -0.05) is 19.1 Å². The number of thiophene rings is 1. The van der Waals surface area contributed by atoms with Crippen molar-refractivity contribution in [1.82, 2.24) is 4.90 Å². The Morgan fingerprint density at radius 1 is 1.06 bits per heavy atom. The number of carbonyl (C=O) groups excluding carboxylic acids is 3. The fourth-order valence-electron chi connectivity index (χ4n) is 3.70. The summed E-state index contributed by atoms with van der Waals surface area (Å²) in [5.74, 6) is -0.349. The molecule has 8 nitrogen and oxygen atoms in total. The Morgan fingerprint density at radius 3 is 2.47 bits per heavy atom. The lowest BCUT2D eigenvalue weighted by Crippen LogP contribution is -2.38. The average Bonchev–Trinajstić information content (AvgIpc) is 3.34. The van der Waals surface area contributed by atoms with Gasteiger partial charge < -0.3 is 20.1 Å². The van der Waals surface area contributed by atoms with Crippen LogP contribution in [0, 0.1) is 0 Å². The number of aryl methyl sites for hydroxylation is 1. The minimum absolute atomic E-state index is 0.0284. The molecule has 1 aromatic carbocycles. The van der Waals surface area contributed by atoms with Gasteiger partial charge in [0.15, 0.2) is 0 Å². The Bertz CT molecular complexity index is 988. The molecule has 1 heterocycles. The van der Waals surface area contributed by atoms with Gasteiger partial charge in [0.2, 0.25) is 11.8 Å². The Labute approximate surface area is 191 Å². The lowest BCUT2D eigenvalue weighted by molar-refractivity contribution is -0.119. The molecule has 0 aliphatic heterocycles. The van der Waals surface area contributed by atoms with E-state index >= 15 is 0 Å². The van der Waals surface area contributed by atoms with E-state index in [-0.39, 0.29) is 31.5 Å². The minimum atomic E-state index is -0.397. The fourth-order valence-corrected chi connectivity index (χ4v) is 4.99. The second-order valence-electron chi connectivity index (χ2n) is 7.38. The molecule has 0 saturated carbocycles. The standard InChI is InChI=1S/C23H29N3O5S/c1-4-26(13-19(27)24-16-10-6-7-11-17(16)30-3)14-20(28)25-22-21(23(29)31-5-2)15-9-8-12-18(15)32-22/h6-7,10-11H,4-5,8-9,12-14H2,1-3H3,(H,24,27)(H,25,28). The predicted molar refractivity (Wildman–Crippen MR) is 125 cm³/mol. The Kier molecular flexibility index (Phi) is 8.24. The van der Waals surface area contributed by atoms with E-state index in [1.54, 1.807) is 31.1 Å². The highest BCUT2D eigenvalue weighted by Crippen LogP contribution is 2.39. The van der Waals surface area contributed by atoms with Crippen molar-refractivity contribution in [1.29, 1.82) is 0 Å². The third-order valence-corrected chi connectivity index (χ3v) is 6.42. The molecule has 3 rings (SSSR count). The summed E-state index contributed by atoms with van der Waals surface area (Å²) < 4.78 is 10.5. The van der Waals surface area contributed by atoms with Crippen LogP contribution in [-0.4, -0.2) is 56.0 Å². The predicted octanol–water partition coefficient (Wildman–Crippen LogP) is 3.32. The number of esters is 1. The summed E-state index contributed by atoms with van der Waals surface area (Å²) in [6.45, 7) is 4.51. The number of nitrogens with zero attached hydrogens (tertiary/aromatic N) is 1. The maximum atomic E-state index is 12.7. The van der Waals surface area contributed by atoms with Crippen LogP contribution in [0.5, 0.6) is 5.75 Å². The molecule has 0 bridgehead atoms. The summed E-state index contributed by atoms with van der Waals surface area (Å²) >= 11 is 1.44. The molecule has 0 atom stereocenters. The van der Waals surface area contributed by atoms with Crippen LogP contribution >= 0.6 is 11.3 Å². The second-order valence-corrected chi connectivity index (χ2v) is 8.49. The number of likely N-dealkylation sites (N-methyl/N-ethyl adjacent to an activating group) is 1. The van der Waals surface area contributed by atoms with E-state index in [2.05, 4.69) is 10.6 Å². The summed E-state index contributed by atoms with van der Waals surface area (Å²) in [5.41, 5.74) is 2.05. The van der Waals surface area contributed by atoms with Gasteiger partial charge in [0.1, 0.15) is 10.8 Å². The van der Waals surface area contributed by atoms with Gasteiger partial charge in [0, 0.05) is 4.88 Å². The highest BCUT2D eigenvalue weighted by molar-refractivity contribution is 7.17. The Morgan fingerprint density at radius 2 is 1.78 bits per heavy atom. The normalized spacial score (nSPS) is 12.4. The van der Waals surface area contributed by atoms with E-state index in [9.17, 15) is 14.4 Å². The van der Waals surface area contributed by atoms with Gasteiger partial charge in [-0.25, -0.2) is 4.79 Å². The van der Waals surface area contributed by atoms with E-state index in [0.717, 1.165) is 29.7 Å². The molecule has 0 spiro atoms. The molecule has 1 aliphatic rings. The van der Waals surface area contributed by atoms with Crippen molar-refractivity contribution in [3.8, 4) is 5.75 Å². The number of ether oxygens (including phenoxy) is 2. The van der Waals surface area contributed by atoms with Gasteiger partial charge in [-0.15, -0.1) is 11.3 Å². The molecule has 2 amide bonds. The fraction of sp³-hybridized carbons (Fsp3) is 0.435. The quantitative estimate of drug-likeness (QED) is 0.529. The summed E-state index contributed by atoms with van der Waals surface area (Å²) in [6, 6.07) is 7.15. The summed E-state index contributed by atoms with van der Waals surface area (Å²) in [4.78, 5) is 40.6. The number of amides is 2. The molecule has 0 radical (unpaired) electrons. The minimum Gasteiger partial charge on any atom is -0.495 e.